The van der Waals surface area contributed by atoms with Crippen LogP contribution in [0.2, 0.25) is 0 Å². The van der Waals surface area contributed by atoms with E-state index in [2.05, 4.69) is 0 Å². The molecule has 0 aliphatic rings. The van der Waals surface area contributed by atoms with Crippen LogP contribution < -0.4 is 0 Å². The number of esters is 2. The molecular formula is C17H32O8. The third kappa shape index (κ3) is 13.7. The van der Waals surface area contributed by atoms with E-state index < -0.39 is 5.92 Å². The first-order valence-electron chi connectivity index (χ1n) is 8.48. The lowest BCUT2D eigenvalue weighted by Gasteiger charge is -2.18. The minimum absolute atomic E-state index is 0.151. The van der Waals surface area contributed by atoms with Gasteiger partial charge in [0.2, 0.25) is 0 Å². The molecule has 0 amide bonds. The number of hydrogen-bond acceptors (Lipinski definition) is 8. The molecule has 8 heteroatoms. The standard InChI is InChI=1S/C17H32O8/c1-14(13-16(18)24-11-9-22-7-5-20-3)15(2)17(19)25-12-10-23-8-6-21-4/h14-15H,5-13H2,1-4H3. The van der Waals surface area contributed by atoms with Gasteiger partial charge in [0.15, 0.2) is 0 Å². The first-order valence-corrected chi connectivity index (χ1v) is 8.48. The van der Waals surface area contributed by atoms with Crippen LogP contribution in [0, 0.1) is 11.8 Å². The molecule has 0 aromatic heterocycles. The molecule has 8 nitrogen and oxygen atoms in total. The van der Waals surface area contributed by atoms with Gasteiger partial charge in [0, 0.05) is 20.6 Å². The summed E-state index contributed by atoms with van der Waals surface area (Å²) in [6.45, 7) is 6.49. The molecule has 0 saturated heterocycles. The molecule has 0 bridgehead atoms. The molecule has 0 aliphatic heterocycles. The number of ether oxygens (including phenoxy) is 6. The molecule has 0 heterocycles. The smallest absolute Gasteiger partial charge is 0.309 e. The van der Waals surface area contributed by atoms with E-state index in [1.54, 1.807) is 21.1 Å². The third-order valence-electron chi connectivity index (χ3n) is 3.54. The summed E-state index contributed by atoms with van der Waals surface area (Å²) >= 11 is 0. The van der Waals surface area contributed by atoms with E-state index in [0.29, 0.717) is 39.6 Å². The van der Waals surface area contributed by atoms with Crippen molar-refractivity contribution in [2.45, 2.75) is 20.3 Å². The van der Waals surface area contributed by atoms with Gasteiger partial charge in [-0.3, -0.25) is 9.59 Å². The Balaban J connectivity index is 3.78. The van der Waals surface area contributed by atoms with Gasteiger partial charge in [0.05, 0.1) is 45.6 Å². The molecule has 0 spiro atoms. The van der Waals surface area contributed by atoms with Crippen molar-refractivity contribution in [2.24, 2.45) is 11.8 Å². The molecule has 2 unspecified atom stereocenters. The van der Waals surface area contributed by atoms with Crippen molar-refractivity contribution in [3.63, 3.8) is 0 Å². The monoisotopic (exact) mass is 364 g/mol. The summed E-state index contributed by atoms with van der Waals surface area (Å²) in [7, 11) is 3.18. The van der Waals surface area contributed by atoms with Crippen molar-refractivity contribution in [3.05, 3.63) is 0 Å². The maximum atomic E-state index is 11.9. The van der Waals surface area contributed by atoms with Gasteiger partial charge in [-0.1, -0.05) is 13.8 Å². The van der Waals surface area contributed by atoms with Gasteiger partial charge in [0.25, 0.3) is 0 Å². The fourth-order valence-corrected chi connectivity index (χ4v) is 1.77. The predicted molar refractivity (Wildman–Crippen MR) is 90.3 cm³/mol. The summed E-state index contributed by atoms with van der Waals surface area (Å²) in [5, 5.41) is 0. The number of carbonyl (C=O) groups excluding carboxylic acids is 2. The second-order valence-electron chi connectivity index (χ2n) is 5.57. The van der Waals surface area contributed by atoms with Gasteiger partial charge in [0.1, 0.15) is 13.2 Å². The Morgan fingerprint density at radius 1 is 0.720 bits per heavy atom. The lowest BCUT2D eigenvalue weighted by atomic mass is 9.93. The zero-order chi connectivity index (χ0) is 18.9. The maximum Gasteiger partial charge on any atom is 0.309 e. The average Bonchev–Trinajstić information content (AvgIpc) is 2.60. The highest BCUT2D eigenvalue weighted by Crippen LogP contribution is 2.17. The Morgan fingerprint density at radius 3 is 1.72 bits per heavy atom. The molecule has 0 radical (unpaired) electrons. The van der Waals surface area contributed by atoms with E-state index in [1.165, 1.54) is 0 Å². The molecule has 0 aromatic rings. The van der Waals surface area contributed by atoms with E-state index in [-0.39, 0.29) is 37.5 Å². The van der Waals surface area contributed by atoms with Gasteiger partial charge in [-0.2, -0.15) is 0 Å². The van der Waals surface area contributed by atoms with E-state index in [4.69, 9.17) is 28.4 Å². The quantitative estimate of drug-likeness (QED) is 0.297. The van der Waals surface area contributed by atoms with Gasteiger partial charge in [-0.25, -0.2) is 0 Å². The van der Waals surface area contributed by atoms with Crippen LogP contribution in [0.3, 0.4) is 0 Å². The Morgan fingerprint density at radius 2 is 1.20 bits per heavy atom. The predicted octanol–water partition coefficient (Wildman–Crippen LogP) is 1.06. The second kappa shape index (κ2) is 16.3. The highest BCUT2D eigenvalue weighted by molar-refractivity contribution is 5.74. The minimum Gasteiger partial charge on any atom is -0.463 e. The van der Waals surface area contributed by atoms with Crippen molar-refractivity contribution in [2.75, 3.05) is 67.1 Å². The van der Waals surface area contributed by atoms with Gasteiger partial charge in [-0.05, 0) is 5.92 Å². The van der Waals surface area contributed by atoms with Crippen LogP contribution in [0.4, 0.5) is 0 Å². The fraction of sp³-hybridized carbons (Fsp3) is 0.882. The zero-order valence-corrected chi connectivity index (χ0v) is 15.8. The van der Waals surface area contributed by atoms with Gasteiger partial charge in [-0.15, -0.1) is 0 Å². The van der Waals surface area contributed by atoms with Crippen LogP contribution in [-0.2, 0) is 38.0 Å². The Labute approximate surface area is 150 Å². The normalized spacial score (nSPS) is 13.3. The largest absolute Gasteiger partial charge is 0.463 e. The first kappa shape index (κ1) is 23.8. The molecule has 0 rings (SSSR count). The van der Waals surface area contributed by atoms with Crippen LogP contribution in [0.1, 0.15) is 20.3 Å². The number of hydrogen-bond donors (Lipinski definition) is 0. The molecular weight excluding hydrogens is 332 g/mol. The number of rotatable bonds is 16. The highest BCUT2D eigenvalue weighted by atomic mass is 16.6. The van der Waals surface area contributed by atoms with Gasteiger partial charge < -0.3 is 28.4 Å². The highest BCUT2D eigenvalue weighted by Gasteiger charge is 2.24. The lowest BCUT2D eigenvalue weighted by Crippen LogP contribution is -2.25. The fourth-order valence-electron chi connectivity index (χ4n) is 1.77. The van der Waals surface area contributed by atoms with Crippen molar-refractivity contribution >= 4 is 11.9 Å². The molecule has 0 saturated carbocycles. The van der Waals surface area contributed by atoms with Crippen molar-refractivity contribution in [1.82, 2.24) is 0 Å². The topological polar surface area (TPSA) is 89.5 Å². The third-order valence-corrected chi connectivity index (χ3v) is 3.54. The van der Waals surface area contributed by atoms with E-state index in [0.717, 1.165) is 0 Å². The summed E-state index contributed by atoms with van der Waals surface area (Å²) < 4.78 is 30.3. The molecule has 0 aliphatic carbocycles. The minimum atomic E-state index is -0.399. The molecule has 0 fully saturated rings. The Hall–Kier alpha value is -1.22. The summed E-state index contributed by atoms with van der Waals surface area (Å²) in [4.78, 5) is 23.7. The molecule has 148 valence electrons. The average molecular weight is 364 g/mol. The maximum absolute atomic E-state index is 11.9. The number of carbonyl (C=O) groups is 2. The molecule has 25 heavy (non-hydrogen) atoms. The van der Waals surface area contributed by atoms with Crippen molar-refractivity contribution in [3.8, 4) is 0 Å². The van der Waals surface area contributed by atoms with E-state index in [9.17, 15) is 9.59 Å². The summed E-state index contributed by atoms with van der Waals surface area (Å²) in [6, 6.07) is 0. The molecule has 0 N–H and O–H groups in total. The Bertz CT molecular complexity index is 348. The summed E-state index contributed by atoms with van der Waals surface area (Å²) in [6.07, 6.45) is 0.151. The lowest BCUT2D eigenvalue weighted by molar-refractivity contribution is -0.153. The molecule has 0 aromatic carbocycles. The van der Waals surface area contributed by atoms with Gasteiger partial charge >= 0.3 is 11.9 Å². The zero-order valence-electron chi connectivity index (χ0n) is 15.8. The van der Waals surface area contributed by atoms with Crippen LogP contribution in [-0.4, -0.2) is 79.0 Å². The first-order chi connectivity index (χ1) is 12.0. The van der Waals surface area contributed by atoms with Crippen LogP contribution in [0.5, 0.6) is 0 Å². The summed E-state index contributed by atoms with van der Waals surface area (Å²) in [5.41, 5.74) is 0. The second-order valence-corrected chi connectivity index (χ2v) is 5.57. The number of methoxy groups -OCH3 is 2. The summed E-state index contributed by atoms with van der Waals surface area (Å²) in [5.74, 6) is -1.28. The van der Waals surface area contributed by atoms with Crippen LogP contribution in [0.15, 0.2) is 0 Å². The van der Waals surface area contributed by atoms with Crippen molar-refractivity contribution in [1.29, 1.82) is 0 Å². The molecule has 2 atom stereocenters. The van der Waals surface area contributed by atoms with Crippen LogP contribution in [0.25, 0.3) is 0 Å². The van der Waals surface area contributed by atoms with E-state index >= 15 is 0 Å². The van der Waals surface area contributed by atoms with E-state index in [1.807, 2.05) is 6.92 Å². The Kier molecular flexibility index (Phi) is 15.5. The van der Waals surface area contributed by atoms with Crippen LogP contribution >= 0.6 is 0 Å². The SMILES string of the molecule is COCCOCCOC(=O)CC(C)C(C)C(=O)OCCOCCOC. The van der Waals surface area contributed by atoms with Crippen molar-refractivity contribution < 1.29 is 38.0 Å².